The monoisotopic (exact) mass is 311 g/mol. The van der Waals surface area contributed by atoms with Gasteiger partial charge in [0.05, 0.1) is 4.90 Å². The lowest BCUT2D eigenvalue weighted by atomic mass is 9.94. The SMILES string of the molecule is CCCNS(=O)(=O)c1ccc(N2CCC(C)C(N)C2)cc1. The largest absolute Gasteiger partial charge is 0.370 e. The quantitative estimate of drug-likeness (QED) is 0.865. The molecule has 0 amide bonds. The Bertz CT molecular complexity index is 557. The van der Waals surface area contributed by atoms with E-state index in [2.05, 4.69) is 16.5 Å². The van der Waals surface area contributed by atoms with Gasteiger partial charge in [-0.3, -0.25) is 0 Å². The lowest BCUT2D eigenvalue weighted by Gasteiger charge is -2.36. The molecule has 2 rings (SSSR count). The number of rotatable bonds is 5. The number of benzene rings is 1. The van der Waals surface area contributed by atoms with Crippen molar-refractivity contribution in [3.8, 4) is 0 Å². The average molecular weight is 311 g/mol. The van der Waals surface area contributed by atoms with Crippen LogP contribution in [0, 0.1) is 5.92 Å². The van der Waals surface area contributed by atoms with E-state index in [0.717, 1.165) is 31.6 Å². The van der Waals surface area contributed by atoms with Crippen LogP contribution in [0.5, 0.6) is 0 Å². The van der Waals surface area contributed by atoms with Crippen molar-refractivity contribution < 1.29 is 8.42 Å². The number of nitrogens with one attached hydrogen (secondary N) is 1. The van der Waals surface area contributed by atoms with E-state index in [4.69, 9.17) is 5.73 Å². The molecule has 5 nitrogen and oxygen atoms in total. The fourth-order valence-electron chi connectivity index (χ4n) is 2.49. The van der Waals surface area contributed by atoms with Crippen LogP contribution in [0.3, 0.4) is 0 Å². The summed E-state index contributed by atoms with van der Waals surface area (Å²) in [7, 11) is -3.38. The summed E-state index contributed by atoms with van der Waals surface area (Å²) in [5.74, 6) is 0.541. The van der Waals surface area contributed by atoms with Crippen molar-refractivity contribution in [2.75, 3.05) is 24.5 Å². The fourth-order valence-corrected chi connectivity index (χ4v) is 3.62. The highest BCUT2D eigenvalue weighted by molar-refractivity contribution is 7.89. The van der Waals surface area contributed by atoms with Gasteiger partial charge < -0.3 is 10.6 Å². The van der Waals surface area contributed by atoms with Gasteiger partial charge in [-0.25, -0.2) is 13.1 Å². The van der Waals surface area contributed by atoms with Crippen LogP contribution in [0.4, 0.5) is 5.69 Å². The van der Waals surface area contributed by atoms with E-state index in [9.17, 15) is 8.42 Å². The predicted molar refractivity (Wildman–Crippen MR) is 85.9 cm³/mol. The zero-order valence-electron chi connectivity index (χ0n) is 12.7. The maximum Gasteiger partial charge on any atom is 0.240 e. The van der Waals surface area contributed by atoms with Crippen LogP contribution in [0.1, 0.15) is 26.7 Å². The minimum absolute atomic E-state index is 0.174. The number of nitrogens with zero attached hydrogens (tertiary/aromatic N) is 1. The molecule has 0 spiro atoms. The molecule has 21 heavy (non-hydrogen) atoms. The van der Waals surface area contributed by atoms with Crippen molar-refractivity contribution in [3.05, 3.63) is 24.3 Å². The molecule has 1 aliphatic heterocycles. The van der Waals surface area contributed by atoms with Crippen molar-refractivity contribution in [1.82, 2.24) is 4.72 Å². The van der Waals surface area contributed by atoms with E-state index < -0.39 is 10.0 Å². The fraction of sp³-hybridized carbons (Fsp3) is 0.600. The topological polar surface area (TPSA) is 75.4 Å². The highest BCUT2D eigenvalue weighted by Crippen LogP contribution is 2.23. The maximum absolute atomic E-state index is 12.0. The number of anilines is 1. The lowest BCUT2D eigenvalue weighted by molar-refractivity contribution is 0.379. The summed E-state index contributed by atoms with van der Waals surface area (Å²) in [5, 5.41) is 0. The van der Waals surface area contributed by atoms with E-state index >= 15 is 0 Å². The summed E-state index contributed by atoms with van der Waals surface area (Å²) in [6.07, 6.45) is 1.85. The number of hydrogen-bond acceptors (Lipinski definition) is 4. The number of hydrogen-bond donors (Lipinski definition) is 2. The third-order valence-corrected chi connectivity index (χ3v) is 5.55. The molecule has 1 aromatic carbocycles. The molecule has 1 aliphatic rings. The van der Waals surface area contributed by atoms with Crippen LogP contribution in [-0.2, 0) is 10.0 Å². The summed E-state index contributed by atoms with van der Waals surface area (Å²) >= 11 is 0. The Morgan fingerprint density at radius 1 is 1.33 bits per heavy atom. The van der Waals surface area contributed by atoms with E-state index in [1.165, 1.54) is 0 Å². The van der Waals surface area contributed by atoms with Crippen LogP contribution >= 0.6 is 0 Å². The summed E-state index contributed by atoms with van der Waals surface area (Å²) in [6.45, 7) is 6.36. The van der Waals surface area contributed by atoms with Crippen molar-refractivity contribution >= 4 is 15.7 Å². The normalized spacial score (nSPS) is 23.3. The second kappa shape index (κ2) is 6.77. The summed E-state index contributed by atoms with van der Waals surface area (Å²) in [4.78, 5) is 2.54. The van der Waals surface area contributed by atoms with E-state index in [1.807, 2.05) is 19.1 Å². The van der Waals surface area contributed by atoms with Gasteiger partial charge in [-0.15, -0.1) is 0 Å². The standard InChI is InChI=1S/C15H25N3O2S/c1-3-9-17-21(19,20)14-6-4-13(5-7-14)18-10-8-12(2)15(16)11-18/h4-7,12,15,17H,3,8-11,16H2,1-2H3. The molecule has 2 unspecified atom stereocenters. The van der Waals surface area contributed by atoms with Gasteiger partial charge in [0.25, 0.3) is 0 Å². The zero-order chi connectivity index (χ0) is 15.5. The third-order valence-electron chi connectivity index (χ3n) is 4.07. The molecular formula is C15H25N3O2S. The maximum atomic E-state index is 12.0. The minimum atomic E-state index is -3.38. The molecule has 1 heterocycles. The number of sulfonamides is 1. The summed E-state index contributed by atoms with van der Waals surface area (Å²) in [6, 6.07) is 7.23. The predicted octanol–water partition coefficient (Wildman–Crippen LogP) is 1.55. The van der Waals surface area contributed by atoms with Crippen molar-refractivity contribution in [3.63, 3.8) is 0 Å². The molecule has 0 aliphatic carbocycles. The number of piperidine rings is 1. The Morgan fingerprint density at radius 3 is 2.57 bits per heavy atom. The van der Waals surface area contributed by atoms with Crippen LogP contribution in [0.2, 0.25) is 0 Å². The Balaban J connectivity index is 2.09. The van der Waals surface area contributed by atoms with E-state index in [-0.39, 0.29) is 6.04 Å². The average Bonchev–Trinajstić information content (AvgIpc) is 2.48. The van der Waals surface area contributed by atoms with Crippen molar-refractivity contribution in [2.24, 2.45) is 11.7 Å². The van der Waals surface area contributed by atoms with Crippen LogP contribution < -0.4 is 15.4 Å². The summed E-state index contributed by atoms with van der Waals surface area (Å²) < 4.78 is 26.6. The molecule has 0 bridgehead atoms. The van der Waals surface area contributed by atoms with Gasteiger partial charge in [0.15, 0.2) is 0 Å². The molecule has 6 heteroatoms. The lowest BCUT2D eigenvalue weighted by Crippen LogP contribution is -2.47. The molecule has 1 fully saturated rings. The highest BCUT2D eigenvalue weighted by atomic mass is 32.2. The number of nitrogens with two attached hydrogens (primary N) is 1. The minimum Gasteiger partial charge on any atom is -0.370 e. The third kappa shape index (κ3) is 3.96. The Hall–Kier alpha value is -1.11. The smallest absolute Gasteiger partial charge is 0.240 e. The molecule has 2 atom stereocenters. The van der Waals surface area contributed by atoms with Gasteiger partial charge >= 0.3 is 0 Å². The zero-order valence-corrected chi connectivity index (χ0v) is 13.6. The molecular weight excluding hydrogens is 286 g/mol. The molecule has 1 saturated heterocycles. The highest BCUT2D eigenvalue weighted by Gasteiger charge is 2.23. The molecule has 0 radical (unpaired) electrons. The summed E-state index contributed by atoms with van der Waals surface area (Å²) in [5.41, 5.74) is 7.15. The molecule has 0 saturated carbocycles. The van der Waals surface area contributed by atoms with Gasteiger partial charge in [-0.2, -0.15) is 0 Å². The van der Waals surface area contributed by atoms with Crippen molar-refractivity contribution in [1.29, 1.82) is 0 Å². The second-order valence-corrected chi connectivity index (χ2v) is 7.53. The van der Waals surface area contributed by atoms with Crippen molar-refractivity contribution in [2.45, 2.75) is 37.6 Å². The van der Waals surface area contributed by atoms with Crippen LogP contribution in [0.15, 0.2) is 29.2 Å². The van der Waals surface area contributed by atoms with Gasteiger partial charge in [0, 0.05) is 31.4 Å². The Morgan fingerprint density at radius 2 is 2.00 bits per heavy atom. The Kier molecular flexibility index (Phi) is 5.24. The van der Waals surface area contributed by atoms with Gasteiger partial charge in [0.1, 0.15) is 0 Å². The first-order valence-electron chi connectivity index (χ1n) is 7.54. The molecule has 0 aromatic heterocycles. The molecule has 1 aromatic rings. The molecule has 118 valence electrons. The second-order valence-electron chi connectivity index (χ2n) is 5.77. The van der Waals surface area contributed by atoms with E-state index in [1.54, 1.807) is 12.1 Å². The van der Waals surface area contributed by atoms with Gasteiger partial charge in [-0.05, 0) is 43.0 Å². The van der Waals surface area contributed by atoms with Crippen LogP contribution in [0.25, 0.3) is 0 Å². The van der Waals surface area contributed by atoms with Crippen LogP contribution in [-0.4, -0.2) is 34.1 Å². The first-order valence-corrected chi connectivity index (χ1v) is 9.02. The Labute approximate surface area is 127 Å². The van der Waals surface area contributed by atoms with Gasteiger partial charge in [-0.1, -0.05) is 13.8 Å². The molecule has 3 N–H and O–H groups in total. The van der Waals surface area contributed by atoms with E-state index in [0.29, 0.717) is 17.4 Å². The van der Waals surface area contributed by atoms with Gasteiger partial charge in [0.2, 0.25) is 10.0 Å². The first-order chi connectivity index (χ1) is 9.94. The first kappa shape index (κ1) is 16.3.